The highest BCUT2D eigenvalue weighted by Crippen LogP contribution is 2.21. The monoisotopic (exact) mass is 224 g/mol. The fourth-order valence-electron chi connectivity index (χ4n) is 2.22. The third kappa shape index (κ3) is 3.02. The highest BCUT2D eigenvalue weighted by molar-refractivity contribution is 4.90. The predicted octanol–water partition coefficient (Wildman–Crippen LogP) is 1.41. The molecule has 1 aromatic heterocycles. The van der Waals surface area contributed by atoms with Crippen molar-refractivity contribution in [2.75, 3.05) is 13.7 Å². The average Bonchev–Trinajstić information content (AvgIpc) is 2.96. The fourth-order valence-corrected chi connectivity index (χ4v) is 2.22. The summed E-state index contributed by atoms with van der Waals surface area (Å²) >= 11 is 0. The van der Waals surface area contributed by atoms with Crippen molar-refractivity contribution >= 4 is 0 Å². The van der Waals surface area contributed by atoms with E-state index in [9.17, 15) is 0 Å². The molecule has 5 nitrogen and oxygen atoms in total. The summed E-state index contributed by atoms with van der Waals surface area (Å²) in [6.07, 6.45) is 7.90. The maximum Gasteiger partial charge on any atom is 0.141 e. The van der Waals surface area contributed by atoms with Crippen LogP contribution in [0.15, 0.2) is 6.33 Å². The SMILES string of the molecule is CNC(CCCC1CCCO1)c1ncn[nH]1. The number of hydrogen-bond acceptors (Lipinski definition) is 4. The van der Waals surface area contributed by atoms with Crippen molar-refractivity contribution in [3.8, 4) is 0 Å². The Balaban J connectivity index is 1.71. The second kappa shape index (κ2) is 5.96. The van der Waals surface area contributed by atoms with Crippen LogP contribution in [0, 0.1) is 0 Å². The molecule has 16 heavy (non-hydrogen) atoms. The number of aromatic nitrogens is 3. The van der Waals surface area contributed by atoms with Gasteiger partial charge in [0.15, 0.2) is 0 Å². The maximum absolute atomic E-state index is 5.60. The summed E-state index contributed by atoms with van der Waals surface area (Å²) in [5.41, 5.74) is 0. The molecule has 0 spiro atoms. The van der Waals surface area contributed by atoms with Crippen LogP contribution in [-0.2, 0) is 4.74 Å². The molecule has 0 amide bonds. The molecular formula is C11H20N4O. The fraction of sp³-hybridized carbons (Fsp3) is 0.818. The molecule has 90 valence electrons. The van der Waals surface area contributed by atoms with Crippen LogP contribution in [0.25, 0.3) is 0 Å². The summed E-state index contributed by atoms with van der Waals surface area (Å²) < 4.78 is 5.60. The Labute approximate surface area is 96.0 Å². The van der Waals surface area contributed by atoms with Crippen molar-refractivity contribution in [1.82, 2.24) is 20.5 Å². The van der Waals surface area contributed by atoms with Gasteiger partial charge in [0.05, 0.1) is 12.1 Å². The Bertz CT molecular complexity index is 282. The minimum Gasteiger partial charge on any atom is -0.378 e. The molecule has 0 saturated carbocycles. The number of nitrogens with zero attached hydrogens (tertiary/aromatic N) is 2. The molecule has 2 N–H and O–H groups in total. The lowest BCUT2D eigenvalue weighted by molar-refractivity contribution is 0.101. The normalized spacial score (nSPS) is 22.4. The van der Waals surface area contributed by atoms with E-state index in [-0.39, 0.29) is 6.04 Å². The smallest absolute Gasteiger partial charge is 0.141 e. The molecule has 2 heterocycles. The van der Waals surface area contributed by atoms with Crippen LogP contribution < -0.4 is 5.32 Å². The maximum atomic E-state index is 5.60. The van der Waals surface area contributed by atoms with Crippen molar-refractivity contribution in [2.45, 2.75) is 44.2 Å². The standard InChI is InChI=1S/C11H20N4O/c1-12-10(11-13-8-14-15-11)6-2-4-9-5-3-7-16-9/h8-10,12H,2-7H2,1H3,(H,13,14,15). The van der Waals surface area contributed by atoms with E-state index in [1.54, 1.807) is 6.33 Å². The summed E-state index contributed by atoms with van der Waals surface area (Å²) in [4.78, 5) is 4.18. The average molecular weight is 224 g/mol. The van der Waals surface area contributed by atoms with Crippen LogP contribution >= 0.6 is 0 Å². The Morgan fingerprint density at radius 2 is 2.62 bits per heavy atom. The van der Waals surface area contributed by atoms with Gasteiger partial charge in [-0.15, -0.1) is 0 Å². The van der Waals surface area contributed by atoms with E-state index in [1.165, 1.54) is 12.8 Å². The molecule has 2 unspecified atom stereocenters. The van der Waals surface area contributed by atoms with Crippen LogP contribution in [-0.4, -0.2) is 34.9 Å². The molecule has 0 radical (unpaired) electrons. The van der Waals surface area contributed by atoms with Crippen molar-refractivity contribution in [3.05, 3.63) is 12.2 Å². The molecule has 0 aliphatic carbocycles. The summed E-state index contributed by atoms with van der Waals surface area (Å²) in [5.74, 6) is 0.926. The molecule has 1 aliphatic rings. The van der Waals surface area contributed by atoms with Crippen molar-refractivity contribution in [2.24, 2.45) is 0 Å². The largest absolute Gasteiger partial charge is 0.378 e. The number of H-pyrrole nitrogens is 1. The van der Waals surface area contributed by atoms with Gasteiger partial charge in [0.1, 0.15) is 12.2 Å². The quantitative estimate of drug-likeness (QED) is 0.767. The van der Waals surface area contributed by atoms with Crippen molar-refractivity contribution < 1.29 is 4.74 Å². The summed E-state index contributed by atoms with van der Waals surface area (Å²) in [5, 5.41) is 10.0. The minimum atomic E-state index is 0.281. The van der Waals surface area contributed by atoms with Crippen LogP contribution in [0.2, 0.25) is 0 Å². The third-order valence-electron chi connectivity index (χ3n) is 3.16. The first-order chi connectivity index (χ1) is 7.90. The van der Waals surface area contributed by atoms with E-state index in [2.05, 4.69) is 20.5 Å². The Hall–Kier alpha value is -0.940. The topological polar surface area (TPSA) is 62.8 Å². The van der Waals surface area contributed by atoms with E-state index < -0.39 is 0 Å². The summed E-state index contributed by atoms with van der Waals surface area (Å²) in [6, 6.07) is 0.281. The zero-order valence-electron chi connectivity index (χ0n) is 9.78. The van der Waals surface area contributed by atoms with Crippen molar-refractivity contribution in [1.29, 1.82) is 0 Å². The molecule has 1 aliphatic heterocycles. The zero-order valence-corrected chi connectivity index (χ0v) is 9.78. The number of rotatable bonds is 6. The third-order valence-corrected chi connectivity index (χ3v) is 3.16. The van der Waals surface area contributed by atoms with Crippen LogP contribution in [0.4, 0.5) is 0 Å². The van der Waals surface area contributed by atoms with Crippen LogP contribution in [0.1, 0.15) is 44.0 Å². The first-order valence-corrected chi connectivity index (χ1v) is 6.04. The second-order valence-electron chi connectivity index (χ2n) is 4.28. The molecular weight excluding hydrogens is 204 g/mol. The minimum absolute atomic E-state index is 0.281. The number of ether oxygens (including phenoxy) is 1. The van der Waals surface area contributed by atoms with Gasteiger partial charge in [0.2, 0.25) is 0 Å². The number of hydrogen-bond donors (Lipinski definition) is 2. The van der Waals surface area contributed by atoms with Gasteiger partial charge in [-0.1, -0.05) is 0 Å². The number of nitrogens with one attached hydrogen (secondary N) is 2. The molecule has 5 heteroatoms. The first kappa shape index (κ1) is 11.5. The highest BCUT2D eigenvalue weighted by atomic mass is 16.5. The molecule has 1 aromatic rings. The van der Waals surface area contributed by atoms with E-state index in [0.717, 1.165) is 31.7 Å². The molecule has 1 fully saturated rings. The lowest BCUT2D eigenvalue weighted by Crippen LogP contribution is -2.18. The molecule has 0 aromatic carbocycles. The highest BCUT2D eigenvalue weighted by Gasteiger charge is 2.17. The summed E-state index contributed by atoms with van der Waals surface area (Å²) in [7, 11) is 1.96. The number of aromatic amines is 1. The van der Waals surface area contributed by atoms with Gasteiger partial charge >= 0.3 is 0 Å². The van der Waals surface area contributed by atoms with Crippen molar-refractivity contribution in [3.63, 3.8) is 0 Å². The predicted molar refractivity (Wildman–Crippen MR) is 61.0 cm³/mol. The van der Waals surface area contributed by atoms with E-state index in [4.69, 9.17) is 4.74 Å². The van der Waals surface area contributed by atoms with Gasteiger partial charge in [-0.3, -0.25) is 5.10 Å². The summed E-state index contributed by atoms with van der Waals surface area (Å²) in [6.45, 7) is 0.947. The van der Waals surface area contributed by atoms with Crippen LogP contribution in [0.5, 0.6) is 0 Å². The lowest BCUT2D eigenvalue weighted by atomic mass is 10.1. The molecule has 0 bridgehead atoms. The van der Waals surface area contributed by atoms with Gasteiger partial charge in [-0.2, -0.15) is 5.10 Å². The van der Waals surface area contributed by atoms with E-state index in [0.29, 0.717) is 6.10 Å². The Kier molecular flexibility index (Phi) is 4.30. The van der Waals surface area contributed by atoms with Crippen LogP contribution in [0.3, 0.4) is 0 Å². The first-order valence-electron chi connectivity index (χ1n) is 6.04. The molecule has 2 rings (SSSR count). The van der Waals surface area contributed by atoms with E-state index >= 15 is 0 Å². The van der Waals surface area contributed by atoms with Gasteiger partial charge in [0, 0.05) is 6.61 Å². The molecule has 2 atom stereocenters. The van der Waals surface area contributed by atoms with Gasteiger partial charge < -0.3 is 10.1 Å². The Morgan fingerprint density at radius 3 is 3.25 bits per heavy atom. The molecule has 1 saturated heterocycles. The van der Waals surface area contributed by atoms with Gasteiger partial charge in [0.25, 0.3) is 0 Å². The van der Waals surface area contributed by atoms with Gasteiger partial charge in [-0.05, 0) is 39.2 Å². The Morgan fingerprint density at radius 1 is 1.69 bits per heavy atom. The lowest BCUT2D eigenvalue weighted by Gasteiger charge is -2.14. The van der Waals surface area contributed by atoms with Gasteiger partial charge in [-0.25, -0.2) is 4.98 Å². The second-order valence-corrected chi connectivity index (χ2v) is 4.28. The van der Waals surface area contributed by atoms with E-state index in [1.807, 2.05) is 7.05 Å². The zero-order chi connectivity index (χ0) is 11.2.